The third-order valence-corrected chi connectivity index (χ3v) is 5.63. The second-order valence-corrected chi connectivity index (χ2v) is 8.17. The van der Waals surface area contributed by atoms with E-state index in [1.807, 2.05) is 23.7 Å². The van der Waals surface area contributed by atoms with E-state index in [0.717, 1.165) is 12.2 Å². The summed E-state index contributed by atoms with van der Waals surface area (Å²) in [6.07, 6.45) is 7.91. The van der Waals surface area contributed by atoms with Gasteiger partial charge in [-0.1, -0.05) is 25.3 Å². The number of amides is 1. The van der Waals surface area contributed by atoms with Crippen molar-refractivity contribution >= 4 is 22.4 Å². The lowest BCUT2D eigenvalue weighted by molar-refractivity contribution is 0.101. The first-order valence-corrected chi connectivity index (χ1v) is 10.4. The molecule has 1 atom stereocenters. The summed E-state index contributed by atoms with van der Waals surface area (Å²) in [7, 11) is -1.07. The molecule has 5 nitrogen and oxygen atoms in total. The van der Waals surface area contributed by atoms with Gasteiger partial charge < -0.3 is 5.32 Å². The highest BCUT2D eigenvalue weighted by Gasteiger charge is 2.19. The lowest BCUT2D eigenvalue weighted by Crippen LogP contribution is -2.22. The van der Waals surface area contributed by atoms with E-state index in [4.69, 9.17) is 0 Å². The van der Waals surface area contributed by atoms with Crippen LogP contribution in [-0.2, 0) is 17.3 Å². The van der Waals surface area contributed by atoms with Crippen LogP contribution in [-0.4, -0.2) is 26.2 Å². The fourth-order valence-electron chi connectivity index (χ4n) is 3.43. The summed E-state index contributed by atoms with van der Waals surface area (Å²) >= 11 is 0. The Bertz CT molecular complexity index is 779. The summed E-state index contributed by atoms with van der Waals surface area (Å²) in [5, 5.41) is 7.43. The Morgan fingerprint density at radius 1 is 1.28 bits per heavy atom. The largest absolute Gasteiger partial charge is 0.321 e. The van der Waals surface area contributed by atoms with Crippen LogP contribution in [0.15, 0.2) is 35.2 Å². The van der Waals surface area contributed by atoms with Gasteiger partial charge in [0.25, 0.3) is 5.91 Å². The van der Waals surface area contributed by atoms with E-state index >= 15 is 0 Å². The van der Waals surface area contributed by atoms with Crippen molar-refractivity contribution in [2.45, 2.75) is 50.5 Å². The van der Waals surface area contributed by atoms with Crippen molar-refractivity contribution < 1.29 is 9.00 Å². The normalized spacial score (nSPS) is 16.6. The van der Waals surface area contributed by atoms with E-state index in [2.05, 4.69) is 10.4 Å². The number of hydrogen-bond donors (Lipinski definition) is 1. The van der Waals surface area contributed by atoms with Crippen molar-refractivity contribution in [3.63, 3.8) is 0 Å². The topological polar surface area (TPSA) is 64.0 Å². The Hall–Kier alpha value is -1.95. The number of aryl methyl sites for hydroxylation is 1. The molecule has 1 aliphatic carbocycles. The number of carbonyl (C=O) groups excluding carboxylic acids is 1. The van der Waals surface area contributed by atoms with Crippen molar-refractivity contribution in [3.05, 3.63) is 41.7 Å². The quantitative estimate of drug-likeness (QED) is 0.884. The molecular weight excluding hydrogens is 334 g/mol. The van der Waals surface area contributed by atoms with Gasteiger partial charge in [-0.25, -0.2) is 0 Å². The van der Waals surface area contributed by atoms with Crippen LogP contribution in [0, 0.1) is 12.8 Å². The molecule has 0 bridgehead atoms. The minimum Gasteiger partial charge on any atom is -0.321 e. The molecule has 3 rings (SSSR count). The van der Waals surface area contributed by atoms with Crippen LogP contribution in [0.1, 0.15) is 48.3 Å². The minimum absolute atomic E-state index is 0.171. The second kappa shape index (κ2) is 7.95. The Morgan fingerprint density at radius 3 is 2.76 bits per heavy atom. The number of benzene rings is 1. The summed E-state index contributed by atoms with van der Waals surface area (Å²) in [5.41, 5.74) is 2.09. The summed E-state index contributed by atoms with van der Waals surface area (Å²) in [6.45, 7) is 2.71. The summed E-state index contributed by atoms with van der Waals surface area (Å²) in [4.78, 5) is 13.4. The van der Waals surface area contributed by atoms with Gasteiger partial charge >= 0.3 is 0 Å². The zero-order valence-electron chi connectivity index (χ0n) is 14.8. The van der Waals surface area contributed by atoms with Crippen LogP contribution in [0.4, 0.5) is 5.69 Å². The van der Waals surface area contributed by atoms with Gasteiger partial charge in [0.1, 0.15) is 5.69 Å². The standard InChI is InChI=1S/C19H25N3O2S/c1-14-11-18(22(21-14)13-15-7-4-3-5-8-15)19(23)20-16-9-6-10-17(12-16)25(2)24/h6,9-12,15H,3-5,7-8,13H2,1-2H3,(H,20,23). The number of hydrogen-bond acceptors (Lipinski definition) is 3. The average Bonchev–Trinajstić information content (AvgIpc) is 2.96. The molecule has 1 saturated carbocycles. The van der Waals surface area contributed by atoms with Crippen LogP contribution < -0.4 is 5.32 Å². The molecule has 6 heteroatoms. The van der Waals surface area contributed by atoms with Gasteiger partial charge in [0.2, 0.25) is 0 Å². The van der Waals surface area contributed by atoms with Crippen molar-refractivity contribution in [1.29, 1.82) is 0 Å². The molecule has 25 heavy (non-hydrogen) atoms. The van der Waals surface area contributed by atoms with Gasteiger partial charge in [0, 0.05) is 34.2 Å². The number of carbonyl (C=O) groups is 1. The molecule has 0 radical (unpaired) electrons. The minimum atomic E-state index is -1.07. The highest BCUT2D eigenvalue weighted by Crippen LogP contribution is 2.25. The van der Waals surface area contributed by atoms with E-state index < -0.39 is 10.8 Å². The number of nitrogens with zero attached hydrogens (tertiary/aromatic N) is 2. The summed E-state index contributed by atoms with van der Waals surface area (Å²) in [6, 6.07) is 8.99. The van der Waals surface area contributed by atoms with Gasteiger partial charge in [-0.2, -0.15) is 5.10 Å². The van der Waals surface area contributed by atoms with Gasteiger partial charge in [-0.3, -0.25) is 13.7 Å². The second-order valence-electron chi connectivity index (χ2n) is 6.79. The van der Waals surface area contributed by atoms with Crippen LogP contribution >= 0.6 is 0 Å². The van der Waals surface area contributed by atoms with Crippen molar-refractivity contribution in [1.82, 2.24) is 9.78 Å². The highest BCUT2D eigenvalue weighted by molar-refractivity contribution is 7.84. The van der Waals surface area contributed by atoms with Crippen LogP contribution in [0.25, 0.3) is 0 Å². The number of rotatable bonds is 5. The monoisotopic (exact) mass is 359 g/mol. The maximum atomic E-state index is 12.7. The van der Waals surface area contributed by atoms with Crippen molar-refractivity contribution in [2.75, 3.05) is 11.6 Å². The molecule has 1 aromatic carbocycles. The molecule has 1 fully saturated rings. The summed E-state index contributed by atoms with van der Waals surface area (Å²) < 4.78 is 13.5. The zero-order valence-corrected chi connectivity index (χ0v) is 15.6. The van der Waals surface area contributed by atoms with E-state index in [-0.39, 0.29) is 5.91 Å². The number of nitrogens with one attached hydrogen (secondary N) is 1. The highest BCUT2D eigenvalue weighted by atomic mass is 32.2. The molecule has 0 saturated heterocycles. The maximum absolute atomic E-state index is 12.7. The molecule has 2 aromatic rings. The van der Waals surface area contributed by atoms with E-state index in [0.29, 0.717) is 22.2 Å². The van der Waals surface area contributed by atoms with Crippen LogP contribution in [0.2, 0.25) is 0 Å². The lowest BCUT2D eigenvalue weighted by atomic mass is 9.89. The molecule has 1 aliphatic rings. The Labute approximate surface area is 151 Å². The first-order chi connectivity index (χ1) is 12.0. The number of aromatic nitrogens is 2. The molecule has 1 unspecified atom stereocenters. The zero-order chi connectivity index (χ0) is 17.8. The third kappa shape index (κ3) is 4.57. The summed E-state index contributed by atoms with van der Waals surface area (Å²) in [5.74, 6) is 0.431. The van der Waals surface area contributed by atoms with Gasteiger partial charge in [-0.05, 0) is 49.9 Å². The van der Waals surface area contributed by atoms with Gasteiger partial charge in [0.15, 0.2) is 0 Å². The predicted molar refractivity (Wildman–Crippen MR) is 100 cm³/mol. The van der Waals surface area contributed by atoms with Crippen LogP contribution in [0.5, 0.6) is 0 Å². The third-order valence-electron chi connectivity index (χ3n) is 4.71. The maximum Gasteiger partial charge on any atom is 0.273 e. The van der Waals surface area contributed by atoms with E-state index in [1.165, 1.54) is 32.1 Å². The number of anilines is 1. The van der Waals surface area contributed by atoms with Crippen LogP contribution in [0.3, 0.4) is 0 Å². The molecule has 0 spiro atoms. The molecule has 1 amide bonds. The van der Waals surface area contributed by atoms with E-state index in [1.54, 1.807) is 24.5 Å². The molecule has 0 aliphatic heterocycles. The average molecular weight is 359 g/mol. The van der Waals surface area contributed by atoms with Gasteiger partial charge in [-0.15, -0.1) is 0 Å². The SMILES string of the molecule is Cc1cc(C(=O)Nc2cccc(S(C)=O)c2)n(CC2CCCCC2)n1. The Balaban J connectivity index is 1.75. The lowest BCUT2D eigenvalue weighted by Gasteiger charge is -2.22. The van der Waals surface area contributed by atoms with Gasteiger partial charge in [0.05, 0.1) is 5.69 Å². The Kier molecular flexibility index (Phi) is 5.68. The van der Waals surface area contributed by atoms with Crippen molar-refractivity contribution in [2.24, 2.45) is 5.92 Å². The van der Waals surface area contributed by atoms with E-state index in [9.17, 15) is 9.00 Å². The smallest absolute Gasteiger partial charge is 0.273 e. The molecular formula is C19H25N3O2S. The first kappa shape index (κ1) is 17.9. The molecule has 1 heterocycles. The fraction of sp³-hybridized carbons (Fsp3) is 0.474. The molecule has 134 valence electrons. The van der Waals surface area contributed by atoms with Crippen molar-refractivity contribution in [3.8, 4) is 0 Å². The predicted octanol–water partition coefficient (Wildman–Crippen LogP) is 3.76. The fourth-order valence-corrected chi connectivity index (χ4v) is 3.99. The Morgan fingerprint density at radius 2 is 2.04 bits per heavy atom. The first-order valence-electron chi connectivity index (χ1n) is 8.82. The molecule has 1 aromatic heterocycles. The molecule has 1 N–H and O–H groups in total.